The largest absolute Gasteiger partial charge is 0.383 e. The lowest BCUT2D eigenvalue weighted by molar-refractivity contribution is -0.136. The van der Waals surface area contributed by atoms with E-state index in [2.05, 4.69) is 0 Å². The van der Waals surface area contributed by atoms with E-state index < -0.39 is 17.9 Å². The predicted octanol–water partition coefficient (Wildman–Crippen LogP) is 3.02. The summed E-state index contributed by atoms with van der Waals surface area (Å²) >= 11 is 0. The first kappa shape index (κ1) is 21.7. The molecule has 0 fully saturated rings. The molecule has 6 heteroatoms. The van der Waals surface area contributed by atoms with Gasteiger partial charge in [0.15, 0.2) is 0 Å². The van der Waals surface area contributed by atoms with Crippen LogP contribution in [0, 0.1) is 5.92 Å². The molecule has 2 aromatic rings. The van der Waals surface area contributed by atoms with Gasteiger partial charge in [0.25, 0.3) is 11.8 Å². The summed E-state index contributed by atoms with van der Waals surface area (Å²) in [4.78, 5) is 42.7. The molecule has 0 bridgehead atoms. The van der Waals surface area contributed by atoms with Crippen LogP contribution in [0.4, 0.5) is 0 Å². The van der Waals surface area contributed by atoms with E-state index in [1.165, 1.54) is 0 Å². The van der Waals surface area contributed by atoms with E-state index in [4.69, 9.17) is 4.74 Å². The van der Waals surface area contributed by atoms with Gasteiger partial charge >= 0.3 is 0 Å². The Bertz CT molecular complexity index is 875. The lowest BCUT2D eigenvalue weighted by Gasteiger charge is -2.32. The summed E-state index contributed by atoms with van der Waals surface area (Å²) in [5, 5.41) is 0. The smallest absolute Gasteiger partial charge is 0.262 e. The Balaban J connectivity index is 1.97. The van der Waals surface area contributed by atoms with Crippen molar-refractivity contribution in [1.29, 1.82) is 0 Å². The first-order chi connectivity index (χ1) is 14.4. The van der Waals surface area contributed by atoms with Crippen molar-refractivity contribution in [3.8, 4) is 0 Å². The Morgan fingerprint density at radius 3 is 2.07 bits per heavy atom. The minimum Gasteiger partial charge on any atom is -0.383 e. The Kier molecular flexibility index (Phi) is 7.00. The molecule has 0 spiro atoms. The average molecular weight is 408 g/mol. The first-order valence-electron chi connectivity index (χ1n) is 10.2. The number of carbonyl (C=O) groups excluding carboxylic acids is 3. The van der Waals surface area contributed by atoms with Crippen LogP contribution in [0.3, 0.4) is 0 Å². The fourth-order valence-electron chi connectivity index (χ4n) is 3.76. The molecule has 0 N–H and O–H groups in total. The fraction of sp³-hybridized carbons (Fsp3) is 0.375. The third-order valence-electron chi connectivity index (χ3n) is 5.16. The van der Waals surface area contributed by atoms with E-state index in [9.17, 15) is 14.4 Å². The second-order valence-electron chi connectivity index (χ2n) is 7.90. The Labute approximate surface area is 177 Å². The topological polar surface area (TPSA) is 66.9 Å². The number of nitrogens with zero attached hydrogens (tertiary/aromatic N) is 2. The van der Waals surface area contributed by atoms with Crippen molar-refractivity contribution in [2.24, 2.45) is 5.92 Å². The molecule has 1 aliphatic heterocycles. The van der Waals surface area contributed by atoms with Crippen LogP contribution in [0.5, 0.6) is 0 Å². The third-order valence-corrected chi connectivity index (χ3v) is 5.16. The number of rotatable bonds is 9. The molecule has 3 amide bonds. The third kappa shape index (κ3) is 4.60. The molecule has 3 rings (SSSR count). The molecule has 158 valence electrons. The highest BCUT2D eigenvalue weighted by Gasteiger charge is 2.43. The summed E-state index contributed by atoms with van der Waals surface area (Å²) in [6.07, 6.45) is 0.271. The zero-order chi connectivity index (χ0) is 21.7. The monoisotopic (exact) mass is 408 g/mol. The van der Waals surface area contributed by atoms with Crippen LogP contribution in [0.15, 0.2) is 54.6 Å². The van der Waals surface area contributed by atoms with Crippen LogP contribution in [0.25, 0.3) is 0 Å². The molecule has 30 heavy (non-hydrogen) atoms. The van der Waals surface area contributed by atoms with Gasteiger partial charge in [-0.2, -0.15) is 0 Å². The van der Waals surface area contributed by atoms with Crippen LogP contribution in [-0.4, -0.2) is 60.4 Å². The Hall–Kier alpha value is -2.99. The van der Waals surface area contributed by atoms with Gasteiger partial charge in [-0.05, 0) is 23.6 Å². The molecule has 0 saturated carbocycles. The summed E-state index contributed by atoms with van der Waals surface area (Å²) < 4.78 is 5.18. The summed E-state index contributed by atoms with van der Waals surface area (Å²) in [5.74, 6) is -0.827. The molecule has 6 nitrogen and oxygen atoms in total. The number of ether oxygens (including phenoxy) is 1. The van der Waals surface area contributed by atoms with E-state index in [1.54, 1.807) is 36.3 Å². The molecule has 2 aromatic carbocycles. The number of hydrogen-bond donors (Lipinski definition) is 0. The van der Waals surface area contributed by atoms with Gasteiger partial charge in [-0.1, -0.05) is 56.3 Å². The molecule has 0 radical (unpaired) electrons. The zero-order valence-corrected chi connectivity index (χ0v) is 17.7. The zero-order valence-electron chi connectivity index (χ0n) is 17.7. The van der Waals surface area contributed by atoms with Crippen molar-refractivity contribution >= 4 is 17.7 Å². The summed E-state index contributed by atoms with van der Waals surface area (Å²) in [5.41, 5.74) is 1.59. The second-order valence-corrected chi connectivity index (χ2v) is 7.90. The van der Waals surface area contributed by atoms with Gasteiger partial charge in [0.2, 0.25) is 5.91 Å². The van der Waals surface area contributed by atoms with Crippen LogP contribution >= 0.6 is 0 Å². The molecule has 0 aliphatic carbocycles. The highest BCUT2D eigenvalue weighted by molar-refractivity contribution is 6.22. The summed E-state index contributed by atoms with van der Waals surface area (Å²) in [6.45, 7) is 5.37. The molecule has 1 aliphatic rings. The van der Waals surface area contributed by atoms with Crippen LogP contribution in [0.2, 0.25) is 0 Å². The maximum atomic E-state index is 13.6. The van der Waals surface area contributed by atoms with E-state index >= 15 is 0 Å². The summed E-state index contributed by atoms with van der Waals surface area (Å²) in [6, 6.07) is 15.3. The maximum absolute atomic E-state index is 13.6. The summed E-state index contributed by atoms with van der Waals surface area (Å²) in [7, 11) is 1.59. The second kappa shape index (κ2) is 9.67. The highest BCUT2D eigenvalue weighted by atomic mass is 16.5. The van der Waals surface area contributed by atoms with Gasteiger partial charge in [0.1, 0.15) is 6.04 Å². The number of fused-ring (bicyclic) bond motifs is 1. The molecule has 0 saturated heterocycles. The van der Waals surface area contributed by atoms with Crippen molar-refractivity contribution in [3.63, 3.8) is 0 Å². The minimum atomic E-state index is -0.907. The van der Waals surface area contributed by atoms with Gasteiger partial charge < -0.3 is 9.64 Å². The lowest BCUT2D eigenvalue weighted by Crippen LogP contribution is -2.53. The first-order valence-corrected chi connectivity index (χ1v) is 10.2. The number of imide groups is 1. The standard InChI is InChI=1S/C24H28N2O4/c1-17(2)16-25(13-14-30-3)24(29)21(15-18-9-5-4-6-10-18)26-22(27)19-11-7-8-12-20(19)23(26)28/h4-12,17,21H,13-16H2,1-3H3. The fourth-order valence-corrected chi connectivity index (χ4v) is 3.76. The van der Waals surface area contributed by atoms with E-state index in [-0.39, 0.29) is 18.2 Å². The quantitative estimate of drug-likeness (QED) is 0.598. The van der Waals surface area contributed by atoms with Gasteiger partial charge in [0, 0.05) is 26.6 Å². The SMILES string of the molecule is COCCN(CC(C)C)C(=O)C(Cc1ccccc1)N1C(=O)c2ccccc2C1=O. The van der Waals surface area contributed by atoms with Crippen molar-refractivity contribution in [2.75, 3.05) is 26.8 Å². The van der Waals surface area contributed by atoms with Crippen LogP contribution < -0.4 is 0 Å². The Morgan fingerprint density at radius 1 is 0.967 bits per heavy atom. The normalized spacial score (nSPS) is 14.2. The molecular formula is C24H28N2O4. The number of benzene rings is 2. The van der Waals surface area contributed by atoms with Crippen LogP contribution in [0.1, 0.15) is 40.1 Å². The maximum Gasteiger partial charge on any atom is 0.262 e. The highest BCUT2D eigenvalue weighted by Crippen LogP contribution is 2.27. The van der Waals surface area contributed by atoms with E-state index in [0.29, 0.717) is 30.8 Å². The predicted molar refractivity (Wildman–Crippen MR) is 114 cm³/mol. The Morgan fingerprint density at radius 2 is 1.53 bits per heavy atom. The number of carbonyl (C=O) groups is 3. The van der Waals surface area contributed by atoms with Gasteiger partial charge in [-0.25, -0.2) is 0 Å². The minimum absolute atomic E-state index is 0.237. The lowest BCUT2D eigenvalue weighted by atomic mass is 10.0. The van der Waals surface area contributed by atoms with Crippen molar-refractivity contribution in [3.05, 3.63) is 71.3 Å². The van der Waals surface area contributed by atoms with Crippen molar-refractivity contribution in [1.82, 2.24) is 9.80 Å². The average Bonchev–Trinajstić information content (AvgIpc) is 3.00. The van der Waals surface area contributed by atoms with E-state index in [1.807, 2.05) is 44.2 Å². The van der Waals surface area contributed by atoms with Gasteiger partial charge in [-0.3, -0.25) is 19.3 Å². The molecule has 0 aromatic heterocycles. The van der Waals surface area contributed by atoms with E-state index in [0.717, 1.165) is 10.5 Å². The number of hydrogen-bond acceptors (Lipinski definition) is 4. The molecule has 1 heterocycles. The molecule has 1 unspecified atom stereocenters. The number of methoxy groups -OCH3 is 1. The molecule has 1 atom stereocenters. The molecular weight excluding hydrogens is 380 g/mol. The van der Waals surface area contributed by atoms with Crippen LogP contribution in [-0.2, 0) is 16.0 Å². The van der Waals surface area contributed by atoms with Gasteiger partial charge in [-0.15, -0.1) is 0 Å². The van der Waals surface area contributed by atoms with Gasteiger partial charge in [0.05, 0.1) is 17.7 Å². The number of amides is 3. The van der Waals surface area contributed by atoms with Crippen molar-refractivity contribution in [2.45, 2.75) is 26.3 Å². The van der Waals surface area contributed by atoms with Crippen molar-refractivity contribution < 1.29 is 19.1 Å².